The standard InChI is InChI=1S/C29H30N6OS.CH2O2/c36-29(27-18-37-28(31-27)17-34-11-12-35-10-2-1-7-21(35)16-34)32-25-13-20(14-26-24(25)15-30-33-26)23-9-4-6-19-5-3-8-22(19)23;2-1-3/h3-4,6,8-9,13-15,18,21H,1-2,5,7,10-12,16-17H2,(H,30,33)(H,32,36);1H,(H,2,3). The molecule has 4 heterocycles. The first-order chi connectivity index (χ1) is 19.6. The molecular weight excluding hydrogens is 524 g/mol. The molecule has 2 aromatic carbocycles. The van der Waals surface area contributed by atoms with E-state index < -0.39 is 0 Å². The Morgan fingerprint density at radius 1 is 1.23 bits per heavy atom. The number of piperidine rings is 1. The summed E-state index contributed by atoms with van der Waals surface area (Å²) in [5.74, 6) is -0.183. The number of carbonyl (C=O) groups is 2. The Bertz CT molecular complexity index is 1560. The number of H-pyrrole nitrogens is 1. The molecular formula is C30H32N6O3S. The molecule has 0 saturated carbocycles. The van der Waals surface area contributed by atoms with Crippen molar-refractivity contribution in [2.45, 2.75) is 38.3 Å². The van der Waals surface area contributed by atoms with Crippen LogP contribution in [-0.4, -0.2) is 74.7 Å². The summed E-state index contributed by atoms with van der Waals surface area (Å²) in [6, 6.07) is 11.2. The Balaban J connectivity index is 0.000000925. The number of aromatic amines is 1. The maximum Gasteiger partial charge on any atom is 0.290 e. The molecule has 40 heavy (non-hydrogen) atoms. The second-order valence-corrected chi connectivity index (χ2v) is 11.4. The van der Waals surface area contributed by atoms with Crippen LogP contribution in [0.5, 0.6) is 0 Å². The van der Waals surface area contributed by atoms with E-state index >= 15 is 0 Å². The van der Waals surface area contributed by atoms with E-state index in [1.54, 1.807) is 17.5 Å². The number of fused-ring (bicyclic) bond motifs is 3. The van der Waals surface area contributed by atoms with Crippen molar-refractivity contribution in [3.05, 3.63) is 69.8 Å². The van der Waals surface area contributed by atoms with Crippen LogP contribution in [-0.2, 0) is 17.8 Å². The summed E-state index contributed by atoms with van der Waals surface area (Å²) < 4.78 is 0. The average molecular weight is 557 g/mol. The number of hydrogen-bond acceptors (Lipinski definition) is 7. The molecule has 1 unspecified atom stereocenters. The first-order valence-electron chi connectivity index (χ1n) is 13.7. The molecule has 1 atom stereocenters. The van der Waals surface area contributed by atoms with Crippen LogP contribution in [0.15, 0.2) is 48.0 Å². The van der Waals surface area contributed by atoms with E-state index in [1.807, 2.05) is 5.38 Å². The third-order valence-electron chi connectivity index (χ3n) is 8.00. The first kappa shape index (κ1) is 26.4. The molecule has 0 bridgehead atoms. The van der Waals surface area contributed by atoms with Gasteiger partial charge in [0.05, 0.1) is 23.9 Å². The first-order valence-corrected chi connectivity index (χ1v) is 14.6. The lowest BCUT2D eigenvalue weighted by molar-refractivity contribution is -0.122. The molecule has 1 amide bonds. The maximum atomic E-state index is 13.3. The summed E-state index contributed by atoms with van der Waals surface area (Å²) in [5, 5.41) is 21.1. The van der Waals surface area contributed by atoms with E-state index in [0.717, 1.165) is 65.3 Å². The maximum absolute atomic E-state index is 13.3. The summed E-state index contributed by atoms with van der Waals surface area (Å²) in [4.78, 5) is 31.5. The molecule has 2 saturated heterocycles. The monoisotopic (exact) mass is 556 g/mol. The number of benzene rings is 2. The zero-order valence-corrected chi connectivity index (χ0v) is 23.0. The zero-order valence-electron chi connectivity index (χ0n) is 22.2. The van der Waals surface area contributed by atoms with Gasteiger partial charge in [-0.1, -0.05) is 36.8 Å². The van der Waals surface area contributed by atoms with Gasteiger partial charge in [0.15, 0.2) is 0 Å². The van der Waals surface area contributed by atoms with Gasteiger partial charge in [0.25, 0.3) is 12.4 Å². The Labute approximate surface area is 236 Å². The second kappa shape index (κ2) is 11.7. The average Bonchev–Trinajstić information content (AvgIpc) is 3.74. The van der Waals surface area contributed by atoms with E-state index in [-0.39, 0.29) is 12.4 Å². The lowest BCUT2D eigenvalue weighted by Gasteiger charge is -2.43. The number of amides is 1. The number of piperazine rings is 1. The molecule has 4 aromatic rings. The fourth-order valence-electron chi connectivity index (χ4n) is 6.08. The summed E-state index contributed by atoms with van der Waals surface area (Å²) in [6.07, 6.45) is 11.1. The van der Waals surface area contributed by atoms with Gasteiger partial charge in [0.1, 0.15) is 10.7 Å². The quantitative estimate of drug-likeness (QED) is 0.300. The summed E-state index contributed by atoms with van der Waals surface area (Å²) in [5.41, 5.74) is 6.90. The van der Waals surface area contributed by atoms with E-state index in [9.17, 15) is 4.79 Å². The molecule has 3 aliphatic rings. The van der Waals surface area contributed by atoms with Crippen LogP contribution in [0, 0.1) is 0 Å². The molecule has 3 N–H and O–H groups in total. The summed E-state index contributed by atoms with van der Waals surface area (Å²) >= 11 is 1.58. The highest BCUT2D eigenvalue weighted by Crippen LogP contribution is 2.35. The normalized spacial score (nSPS) is 18.6. The van der Waals surface area contributed by atoms with Crippen LogP contribution in [0.3, 0.4) is 0 Å². The molecule has 1 aliphatic carbocycles. The van der Waals surface area contributed by atoms with Crippen molar-refractivity contribution >= 4 is 46.4 Å². The molecule has 2 aliphatic heterocycles. The molecule has 2 aromatic heterocycles. The summed E-state index contributed by atoms with van der Waals surface area (Å²) in [7, 11) is 0. The highest BCUT2D eigenvalue weighted by Gasteiger charge is 2.29. The number of carboxylic acid groups (broad SMARTS) is 1. The highest BCUT2D eigenvalue weighted by atomic mass is 32.1. The number of thiazole rings is 1. The third-order valence-corrected chi connectivity index (χ3v) is 8.83. The molecule has 10 heteroatoms. The van der Waals surface area contributed by atoms with Crippen LogP contribution in [0.1, 0.15) is 45.9 Å². The summed E-state index contributed by atoms with van der Waals surface area (Å²) in [6.45, 7) is 5.12. The van der Waals surface area contributed by atoms with Crippen molar-refractivity contribution in [2.24, 2.45) is 0 Å². The number of nitrogens with one attached hydrogen (secondary N) is 2. The minimum Gasteiger partial charge on any atom is -0.483 e. The third kappa shape index (κ3) is 5.42. The Hall–Kier alpha value is -3.86. The number of allylic oxidation sites excluding steroid dienone is 1. The largest absolute Gasteiger partial charge is 0.483 e. The SMILES string of the molecule is O=C(Nc1cc(-c2cccc3c2C=CC3)cc2[nH]ncc12)c1csc(CN2CCN3CCCCC3C2)n1.O=CO. The van der Waals surface area contributed by atoms with E-state index in [4.69, 9.17) is 14.9 Å². The van der Waals surface area contributed by atoms with Crippen LogP contribution in [0.2, 0.25) is 0 Å². The predicted molar refractivity (Wildman–Crippen MR) is 158 cm³/mol. The van der Waals surface area contributed by atoms with Crippen LogP contribution in [0.25, 0.3) is 28.1 Å². The number of anilines is 1. The van der Waals surface area contributed by atoms with Gasteiger partial charge in [0, 0.05) is 36.4 Å². The van der Waals surface area contributed by atoms with Crippen LogP contribution >= 0.6 is 11.3 Å². The number of aromatic nitrogens is 3. The lowest BCUT2D eigenvalue weighted by Crippen LogP contribution is -2.54. The van der Waals surface area contributed by atoms with Gasteiger partial charge in [-0.05, 0) is 60.2 Å². The van der Waals surface area contributed by atoms with Gasteiger partial charge in [-0.2, -0.15) is 5.10 Å². The molecule has 0 spiro atoms. The predicted octanol–water partition coefficient (Wildman–Crippen LogP) is 4.88. The van der Waals surface area contributed by atoms with Gasteiger partial charge in [-0.3, -0.25) is 24.5 Å². The number of nitrogens with zero attached hydrogens (tertiary/aromatic N) is 4. The van der Waals surface area contributed by atoms with Gasteiger partial charge in [0.2, 0.25) is 0 Å². The van der Waals surface area contributed by atoms with E-state index in [0.29, 0.717) is 11.7 Å². The molecule has 7 rings (SSSR count). The molecule has 9 nitrogen and oxygen atoms in total. The Morgan fingerprint density at radius 2 is 2.12 bits per heavy atom. The smallest absolute Gasteiger partial charge is 0.290 e. The van der Waals surface area contributed by atoms with Gasteiger partial charge < -0.3 is 10.4 Å². The van der Waals surface area contributed by atoms with Gasteiger partial charge >= 0.3 is 0 Å². The minimum absolute atomic E-state index is 0.183. The van der Waals surface area contributed by atoms with E-state index in [1.165, 1.54) is 36.9 Å². The molecule has 0 radical (unpaired) electrons. The fourth-order valence-corrected chi connectivity index (χ4v) is 6.90. The minimum atomic E-state index is -0.250. The highest BCUT2D eigenvalue weighted by molar-refractivity contribution is 7.09. The van der Waals surface area contributed by atoms with Crippen molar-refractivity contribution in [3.8, 4) is 11.1 Å². The van der Waals surface area contributed by atoms with Crippen LogP contribution < -0.4 is 5.32 Å². The van der Waals surface area contributed by atoms with Crippen LogP contribution in [0.4, 0.5) is 5.69 Å². The molecule has 2 fully saturated rings. The van der Waals surface area contributed by atoms with E-state index in [2.05, 4.69) is 67.8 Å². The second-order valence-electron chi connectivity index (χ2n) is 10.4. The Kier molecular flexibility index (Phi) is 7.72. The van der Waals surface area contributed by atoms with Crippen molar-refractivity contribution < 1.29 is 14.7 Å². The zero-order chi connectivity index (χ0) is 27.5. The van der Waals surface area contributed by atoms with Gasteiger partial charge in [-0.25, -0.2) is 4.98 Å². The topological polar surface area (TPSA) is 114 Å². The number of hydrogen-bond donors (Lipinski definition) is 3. The van der Waals surface area contributed by atoms with Gasteiger partial charge in [-0.15, -0.1) is 11.3 Å². The lowest BCUT2D eigenvalue weighted by atomic mass is 9.96. The van der Waals surface area contributed by atoms with Crippen molar-refractivity contribution in [2.75, 3.05) is 31.5 Å². The molecule has 206 valence electrons. The van der Waals surface area contributed by atoms with Crippen molar-refractivity contribution in [1.82, 2.24) is 25.0 Å². The van der Waals surface area contributed by atoms with Crippen molar-refractivity contribution in [3.63, 3.8) is 0 Å². The number of carbonyl (C=O) groups excluding carboxylic acids is 1. The Morgan fingerprint density at radius 3 is 3.02 bits per heavy atom. The fraction of sp³-hybridized carbons (Fsp3) is 0.333. The number of rotatable bonds is 5. The van der Waals surface area contributed by atoms with Crippen molar-refractivity contribution in [1.29, 1.82) is 0 Å².